The van der Waals surface area contributed by atoms with Crippen molar-refractivity contribution in [1.29, 1.82) is 0 Å². The van der Waals surface area contributed by atoms with E-state index >= 15 is 0 Å². The van der Waals surface area contributed by atoms with Gasteiger partial charge in [-0.25, -0.2) is 0 Å². The van der Waals surface area contributed by atoms with Gasteiger partial charge < -0.3 is 20.1 Å². The van der Waals surface area contributed by atoms with E-state index in [1.54, 1.807) is 19.2 Å². The number of benzene rings is 2. The van der Waals surface area contributed by atoms with Crippen LogP contribution >= 0.6 is 0 Å². The second kappa shape index (κ2) is 5.35. The van der Waals surface area contributed by atoms with Crippen molar-refractivity contribution in [3.63, 3.8) is 0 Å². The number of aliphatic hydroxyl groups is 3. The van der Waals surface area contributed by atoms with Crippen LogP contribution in [0.4, 0.5) is 0 Å². The fourth-order valence-electron chi connectivity index (χ4n) is 1.88. The van der Waals surface area contributed by atoms with Crippen LogP contribution in [0.5, 0.6) is 5.75 Å². The van der Waals surface area contributed by atoms with E-state index in [0.717, 1.165) is 16.5 Å². The second-order valence-electron chi connectivity index (χ2n) is 4.17. The van der Waals surface area contributed by atoms with Crippen molar-refractivity contribution in [3.8, 4) is 5.75 Å². The molecule has 0 heterocycles. The Hall–Kier alpha value is -1.62. The normalized spacial score (nSPS) is 14.4. The maximum atomic E-state index is 9.81. The maximum absolute atomic E-state index is 9.81. The van der Waals surface area contributed by atoms with Gasteiger partial charge in [-0.15, -0.1) is 0 Å². The molecule has 2 aromatic carbocycles. The Morgan fingerprint density at radius 3 is 2.39 bits per heavy atom. The Kier molecular flexibility index (Phi) is 3.81. The van der Waals surface area contributed by atoms with Crippen molar-refractivity contribution in [2.45, 2.75) is 12.2 Å². The van der Waals surface area contributed by atoms with E-state index in [9.17, 15) is 10.2 Å². The van der Waals surface area contributed by atoms with Crippen molar-refractivity contribution < 1.29 is 20.1 Å². The van der Waals surface area contributed by atoms with Crippen molar-refractivity contribution >= 4 is 10.8 Å². The third-order valence-corrected chi connectivity index (χ3v) is 2.96. The zero-order chi connectivity index (χ0) is 13.1. The zero-order valence-electron chi connectivity index (χ0n) is 10.1. The molecule has 0 aliphatic heterocycles. The van der Waals surface area contributed by atoms with Crippen molar-refractivity contribution in [1.82, 2.24) is 0 Å². The summed E-state index contributed by atoms with van der Waals surface area (Å²) < 4.78 is 5.13. The Morgan fingerprint density at radius 1 is 1.06 bits per heavy atom. The number of ether oxygens (including phenoxy) is 1. The predicted octanol–water partition coefficient (Wildman–Crippen LogP) is 1.23. The molecule has 2 rings (SSSR count). The fraction of sp³-hybridized carbons (Fsp3) is 0.286. The molecule has 0 aliphatic carbocycles. The average Bonchev–Trinajstić information content (AvgIpc) is 2.44. The van der Waals surface area contributed by atoms with Crippen LogP contribution in [-0.2, 0) is 0 Å². The minimum Gasteiger partial charge on any atom is -0.497 e. The number of rotatable bonds is 4. The highest BCUT2D eigenvalue weighted by Gasteiger charge is 2.17. The van der Waals surface area contributed by atoms with Crippen LogP contribution in [0.25, 0.3) is 10.8 Å². The highest BCUT2D eigenvalue weighted by Crippen LogP contribution is 2.25. The standard InChI is InChI=1S/C14H16O4/c1-18-12-5-4-9-6-11(3-2-10(9)7-12)14(17)13(16)8-15/h2-7,13-17H,8H2,1H3. The Balaban J connectivity index is 2.38. The summed E-state index contributed by atoms with van der Waals surface area (Å²) in [5.41, 5.74) is 0.578. The first-order chi connectivity index (χ1) is 8.65. The first kappa shape index (κ1) is 12.8. The van der Waals surface area contributed by atoms with Crippen molar-refractivity contribution in [2.75, 3.05) is 13.7 Å². The Bertz CT molecular complexity index is 538. The van der Waals surface area contributed by atoms with Gasteiger partial charge in [-0.3, -0.25) is 0 Å². The number of methoxy groups -OCH3 is 1. The minimum absolute atomic E-state index is 0.470. The van der Waals surface area contributed by atoms with Gasteiger partial charge in [0.2, 0.25) is 0 Å². The van der Waals surface area contributed by atoms with Gasteiger partial charge in [0.15, 0.2) is 0 Å². The molecule has 0 amide bonds. The van der Waals surface area contributed by atoms with Crippen molar-refractivity contribution in [3.05, 3.63) is 42.0 Å². The van der Waals surface area contributed by atoms with E-state index < -0.39 is 18.8 Å². The SMILES string of the molecule is COc1ccc2cc(C(O)C(O)CO)ccc2c1. The summed E-state index contributed by atoms with van der Waals surface area (Å²) in [4.78, 5) is 0. The molecule has 0 saturated carbocycles. The Morgan fingerprint density at radius 2 is 1.72 bits per heavy atom. The van der Waals surface area contributed by atoms with E-state index in [0.29, 0.717) is 5.56 Å². The van der Waals surface area contributed by atoms with Gasteiger partial charge in [0.05, 0.1) is 13.7 Å². The molecule has 4 heteroatoms. The Labute approximate surface area is 105 Å². The summed E-state index contributed by atoms with van der Waals surface area (Å²) in [7, 11) is 1.61. The highest BCUT2D eigenvalue weighted by atomic mass is 16.5. The summed E-state index contributed by atoms with van der Waals surface area (Å²) >= 11 is 0. The van der Waals surface area contributed by atoms with Crippen LogP contribution in [0.1, 0.15) is 11.7 Å². The van der Waals surface area contributed by atoms with E-state index in [-0.39, 0.29) is 0 Å². The third kappa shape index (κ3) is 2.46. The maximum Gasteiger partial charge on any atom is 0.119 e. The predicted molar refractivity (Wildman–Crippen MR) is 68.6 cm³/mol. The number of hydrogen-bond donors (Lipinski definition) is 3. The minimum atomic E-state index is -1.17. The molecule has 0 spiro atoms. The molecular formula is C14H16O4. The largest absolute Gasteiger partial charge is 0.497 e. The smallest absolute Gasteiger partial charge is 0.119 e. The van der Waals surface area contributed by atoms with Crippen LogP contribution in [0.15, 0.2) is 36.4 Å². The molecule has 2 aromatic rings. The molecule has 4 nitrogen and oxygen atoms in total. The highest BCUT2D eigenvalue weighted by molar-refractivity contribution is 5.84. The van der Waals surface area contributed by atoms with Gasteiger partial charge in [-0.2, -0.15) is 0 Å². The summed E-state index contributed by atoms with van der Waals surface area (Å²) in [5, 5.41) is 30.0. The lowest BCUT2D eigenvalue weighted by atomic mass is 10.0. The van der Waals surface area contributed by atoms with Gasteiger partial charge in [-0.05, 0) is 34.5 Å². The number of aliphatic hydroxyl groups excluding tert-OH is 3. The molecule has 2 atom stereocenters. The zero-order valence-corrected chi connectivity index (χ0v) is 10.1. The third-order valence-electron chi connectivity index (χ3n) is 2.96. The topological polar surface area (TPSA) is 69.9 Å². The summed E-state index contributed by atoms with van der Waals surface area (Å²) in [6, 6.07) is 11.0. The van der Waals surface area contributed by atoms with Gasteiger partial charge in [0, 0.05) is 0 Å². The number of hydrogen-bond acceptors (Lipinski definition) is 4. The summed E-state index contributed by atoms with van der Waals surface area (Å²) in [6.45, 7) is -0.470. The summed E-state index contributed by atoms with van der Waals surface area (Å²) in [6.07, 6.45) is -2.25. The van der Waals surface area contributed by atoms with E-state index in [1.807, 2.05) is 24.3 Å². The lowest BCUT2D eigenvalue weighted by Crippen LogP contribution is -2.21. The molecule has 96 valence electrons. The van der Waals surface area contributed by atoms with Crippen LogP contribution in [-0.4, -0.2) is 35.1 Å². The number of fused-ring (bicyclic) bond motifs is 1. The van der Waals surface area contributed by atoms with E-state index in [2.05, 4.69) is 0 Å². The van der Waals surface area contributed by atoms with Gasteiger partial charge in [-0.1, -0.05) is 18.2 Å². The summed E-state index contributed by atoms with van der Waals surface area (Å²) in [5.74, 6) is 0.770. The molecule has 2 unspecified atom stereocenters. The molecule has 3 N–H and O–H groups in total. The lowest BCUT2D eigenvalue weighted by molar-refractivity contribution is -0.0152. The first-order valence-corrected chi connectivity index (χ1v) is 5.70. The van der Waals surface area contributed by atoms with Crippen molar-refractivity contribution in [2.24, 2.45) is 0 Å². The molecular weight excluding hydrogens is 232 g/mol. The van der Waals surface area contributed by atoms with Crippen LogP contribution in [0.2, 0.25) is 0 Å². The molecule has 0 aromatic heterocycles. The molecule has 0 aliphatic rings. The lowest BCUT2D eigenvalue weighted by Gasteiger charge is -2.16. The van der Waals surface area contributed by atoms with Crippen LogP contribution in [0, 0.1) is 0 Å². The average molecular weight is 248 g/mol. The fourth-order valence-corrected chi connectivity index (χ4v) is 1.88. The second-order valence-corrected chi connectivity index (χ2v) is 4.17. The molecule has 0 saturated heterocycles. The monoisotopic (exact) mass is 248 g/mol. The van der Waals surface area contributed by atoms with Gasteiger partial charge >= 0.3 is 0 Å². The van der Waals surface area contributed by atoms with Crippen LogP contribution < -0.4 is 4.74 Å². The molecule has 0 radical (unpaired) electrons. The molecule has 0 bridgehead atoms. The van der Waals surface area contributed by atoms with E-state index in [4.69, 9.17) is 9.84 Å². The molecule has 0 fully saturated rings. The first-order valence-electron chi connectivity index (χ1n) is 5.70. The van der Waals surface area contributed by atoms with E-state index in [1.165, 1.54) is 0 Å². The van der Waals surface area contributed by atoms with Gasteiger partial charge in [0.25, 0.3) is 0 Å². The van der Waals surface area contributed by atoms with Gasteiger partial charge in [0.1, 0.15) is 18.0 Å². The van der Waals surface area contributed by atoms with Crippen LogP contribution in [0.3, 0.4) is 0 Å². The quantitative estimate of drug-likeness (QED) is 0.761. The molecule has 18 heavy (non-hydrogen) atoms.